The fourth-order valence-electron chi connectivity index (χ4n) is 2.62. The van der Waals surface area contributed by atoms with Gasteiger partial charge in [0.2, 0.25) is 0 Å². The topological polar surface area (TPSA) is 84.9 Å². The van der Waals surface area contributed by atoms with Crippen molar-refractivity contribution >= 4 is 58.5 Å². The number of likely N-dealkylation sites (tertiary alicyclic amines) is 1. The van der Waals surface area contributed by atoms with Crippen LogP contribution < -0.4 is 5.32 Å². The average Bonchev–Trinajstić information content (AvgIpc) is 2.66. The zero-order valence-electron chi connectivity index (χ0n) is 15.2. The van der Waals surface area contributed by atoms with E-state index in [1.807, 2.05) is 0 Å². The second-order valence-corrected chi connectivity index (χ2v) is 7.58. The highest BCUT2D eigenvalue weighted by Crippen LogP contribution is 2.33. The van der Waals surface area contributed by atoms with Crippen LogP contribution >= 0.6 is 34.8 Å². The van der Waals surface area contributed by atoms with Crippen LogP contribution in [-0.2, 0) is 19.1 Å². The number of esters is 1. The Balaban J connectivity index is 1.76. The van der Waals surface area contributed by atoms with Crippen molar-refractivity contribution in [2.75, 3.05) is 31.6 Å². The van der Waals surface area contributed by atoms with Crippen molar-refractivity contribution in [3.05, 3.63) is 27.2 Å². The predicted octanol–water partition coefficient (Wildman–Crippen LogP) is 4.54. The van der Waals surface area contributed by atoms with E-state index in [-0.39, 0.29) is 46.7 Å². The smallest absolute Gasteiger partial charge is 0.422 e. The van der Waals surface area contributed by atoms with Gasteiger partial charge < -0.3 is 19.7 Å². The molecule has 0 bridgehead atoms. The van der Waals surface area contributed by atoms with E-state index in [0.29, 0.717) is 0 Å². The Bertz CT molecular complexity index is 791. The minimum Gasteiger partial charge on any atom is -0.455 e. The number of amides is 2. The molecule has 166 valence electrons. The monoisotopic (exact) mass is 490 g/mol. The number of halogens is 6. The van der Waals surface area contributed by atoms with Crippen LogP contribution in [0.5, 0.6) is 0 Å². The maximum absolute atomic E-state index is 12.1. The van der Waals surface area contributed by atoms with Gasteiger partial charge in [-0.1, -0.05) is 34.8 Å². The van der Waals surface area contributed by atoms with Crippen LogP contribution in [0.15, 0.2) is 12.1 Å². The molecule has 1 heterocycles. The molecule has 2 amide bonds. The quantitative estimate of drug-likeness (QED) is 0.612. The number of nitrogens with zero attached hydrogens (tertiary/aromatic N) is 1. The summed E-state index contributed by atoms with van der Waals surface area (Å²) in [5.74, 6) is -1.95. The Morgan fingerprint density at radius 1 is 1.07 bits per heavy atom. The third-order valence-corrected chi connectivity index (χ3v) is 4.88. The Hall–Kier alpha value is -1.91. The highest BCUT2D eigenvalue weighted by Gasteiger charge is 2.33. The molecule has 1 aliphatic rings. The molecule has 1 N–H and O–H groups in total. The summed E-state index contributed by atoms with van der Waals surface area (Å²) in [7, 11) is 0. The van der Waals surface area contributed by atoms with Gasteiger partial charge >= 0.3 is 18.2 Å². The van der Waals surface area contributed by atoms with E-state index >= 15 is 0 Å². The molecule has 1 aromatic carbocycles. The molecule has 0 spiro atoms. The number of anilines is 1. The lowest BCUT2D eigenvalue weighted by atomic mass is 9.97. The molecule has 7 nitrogen and oxygen atoms in total. The number of piperidine rings is 1. The highest BCUT2D eigenvalue weighted by atomic mass is 35.5. The normalized spacial score (nSPS) is 14.9. The number of nitrogens with one attached hydrogen (secondary N) is 1. The third kappa shape index (κ3) is 7.41. The third-order valence-electron chi connectivity index (χ3n) is 4.06. The summed E-state index contributed by atoms with van der Waals surface area (Å²) in [5, 5.41) is 2.91. The van der Waals surface area contributed by atoms with E-state index in [1.165, 1.54) is 12.1 Å². The molecule has 0 aliphatic carbocycles. The summed E-state index contributed by atoms with van der Waals surface area (Å²) in [6, 6.07) is 2.76. The number of benzene rings is 1. The predicted molar refractivity (Wildman–Crippen MR) is 103 cm³/mol. The minimum atomic E-state index is -4.61. The first-order chi connectivity index (χ1) is 14.0. The summed E-state index contributed by atoms with van der Waals surface area (Å²) in [5.41, 5.74) is 0.120. The van der Waals surface area contributed by atoms with Crippen LogP contribution in [0, 0.1) is 5.92 Å². The Kier molecular flexibility index (Phi) is 8.45. The van der Waals surface area contributed by atoms with E-state index in [4.69, 9.17) is 39.5 Å². The first-order valence-corrected chi connectivity index (χ1v) is 9.69. The molecule has 0 atom stereocenters. The molecule has 13 heteroatoms. The molecular formula is C17H16Cl3F3N2O5. The Labute approximate surface area is 184 Å². The number of carbonyl (C=O) groups is 3. The molecule has 1 saturated heterocycles. The van der Waals surface area contributed by atoms with Crippen molar-refractivity contribution in [1.29, 1.82) is 0 Å². The van der Waals surface area contributed by atoms with Gasteiger partial charge in [0.05, 0.1) is 21.7 Å². The largest absolute Gasteiger partial charge is 0.455 e. The number of rotatable bonds is 5. The lowest BCUT2D eigenvalue weighted by Crippen LogP contribution is -2.42. The second kappa shape index (κ2) is 10.4. The number of hydrogen-bond acceptors (Lipinski definition) is 5. The van der Waals surface area contributed by atoms with Gasteiger partial charge in [-0.15, -0.1) is 0 Å². The fraction of sp³-hybridized carbons (Fsp3) is 0.471. The number of hydrogen-bond donors (Lipinski definition) is 1. The van der Waals surface area contributed by atoms with Gasteiger partial charge in [-0.25, -0.2) is 4.79 Å². The van der Waals surface area contributed by atoms with Crippen molar-refractivity contribution in [1.82, 2.24) is 4.90 Å². The second-order valence-electron chi connectivity index (χ2n) is 6.33. The van der Waals surface area contributed by atoms with Crippen LogP contribution in [0.3, 0.4) is 0 Å². The summed E-state index contributed by atoms with van der Waals surface area (Å²) in [6.45, 7) is -2.22. The van der Waals surface area contributed by atoms with Gasteiger partial charge in [0.1, 0.15) is 0 Å². The van der Waals surface area contributed by atoms with Crippen LogP contribution in [0.25, 0.3) is 0 Å². The zero-order valence-corrected chi connectivity index (χ0v) is 17.5. The van der Waals surface area contributed by atoms with Gasteiger partial charge in [0.25, 0.3) is 5.91 Å². The maximum Gasteiger partial charge on any atom is 0.422 e. The molecule has 0 saturated carbocycles. The fourth-order valence-corrected chi connectivity index (χ4v) is 3.54. The van der Waals surface area contributed by atoms with E-state index in [2.05, 4.69) is 10.1 Å². The van der Waals surface area contributed by atoms with Crippen LogP contribution in [-0.4, -0.2) is 55.3 Å². The lowest BCUT2D eigenvalue weighted by Gasteiger charge is -2.30. The SMILES string of the molecule is O=C(COC(=O)C1CCN(C(=O)OCC(F)(F)F)CC1)Nc1c(Cl)cc(Cl)cc1Cl. The van der Waals surface area contributed by atoms with Crippen molar-refractivity contribution in [2.24, 2.45) is 5.92 Å². The van der Waals surface area contributed by atoms with E-state index in [0.717, 1.165) is 4.90 Å². The molecule has 2 rings (SSSR count). The maximum atomic E-state index is 12.1. The summed E-state index contributed by atoms with van der Waals surface area (Å²) < 4.78 is 45.4. The highest BCUT2D eigenvalue weighted by molar-refractivity contribution is 6.42. The minimum absolute atomic E-state index is 0.0264. The number of ether oxygens (including phenoxy) is 2. The molecule has 1 aromatic rings. The van der Waals surface area contributed by atoms with Gasteiger partial charge in [0, 0.05) is 18.1 Å². The zero-order chi connectivity index (χ0) is 22.5. The van der Waals surface area contributed by atoms with Crippen LogP contribution in [0.2, 0.25) is 15.1 Å². The average molecular weight is 492 g/mol. The molecular weight excluding hydrogens is 476 g/mol. The van der Waals surface area contributed by atoms with Gasteiger partial charge in [-0.2, -0.15) is 13.2 Å². The molecule has 1 fully saturated rings. The van der Waals surface area contributed by atoms with Gasteiger partial charge in [-0.05, 0) is 25.0 Å². The van der Waals surface area contributed by atoms with Crippen LogP contribution in [0.1, 0.15) is 12.8 Å². The van der Waals surface area contributed by atoms with Gasteiger partial charge in [-0.3, -0.25) is 9.59 Å². The van der Waals surface area contributed by atoms with Crippen LogP contribution in [0.4, 0.5) is 23.7 Å². The molecule has 0 unspecified atom stereocenters. The lowest BCUT2D eigenvalue weighted by molar-refractivity contribution is -0.163. The summed E-state index contributed by atoms with van der Waals surface area (Å²) in [4.78, 5) is 36.8. The Morgan fingerprint density at radius 3 is 2.17 bits per heavy atom. The van der Waals surface area contributed by atoms with E-state index in [9.17, 15) is 27.6 Å². The van der Waals surface area contributed by atoms with Crippen molar-refractivity contribution in [2.45, 2.75) is 19.0 Å². The number of carbonyl (C=O) groups excluding carboxylic acids is 3. The molecule has 0 aromatic heterocycles. The summed E-state index contributed by atoms with van der Waals surface area (Å²) in [6.07, 6.45) is -5.39. The van der Waals surface area contributed by atoms with Crippen molar-refractivity contribution < 1.29 is 37.0 Å². The standard InChI is InChI=1S/C17H16Cl3F3N2O5/c18-10-5-11(19)14(12(20)6-10)24-13(26)7-29-15(27)9-1-3-25(4-2-9)16(28)30-8-17(21,22)23/h5-6,9H,1-4,7-8H2,(H,24,26). The van der Waals surface area contributed by atoms with Gasteiger partial charge in [0.15, 0.2) is 13.2 Å². The van der Waals surface area contributed by atoms with Crippen molar-refractivity contribution in [3.63, 3.8) is 0 Å². The van der Waals surface area contributed by atoms with E-state index < -0.39 is 43.3 Å². The molecule has 30 heavy (non-hydrogen) atoms. The Morgan fingerprint density at radius 2 is 1.63 bits per heavy atom. The first kappa shape index (κ1) is 24.4. The number of alkyl halides is 3. The molecule has 0 radical (unpaired) electrons. The van der Waals surface area contributed by atoms with E-state index in [1.54, 1.807) is 0 Å². The summed E-state index contributed by atoms with van der Waals surface area (Å²) >= 11 is 17.7. The first-order valence-electron chi connectivity index (χ1n) is 8.55. The molecule has 1 aliphatic heterocycles. The van der Waals surface area contributed by atoms with Crippen molar-refractivity contribution in [3.8, 4) is 0 Å².